The van der Waals surface area contributed by atoms with Crippen molar-refractivity contribution in [2.24, 2.45) is 5.73 Å². The quantitative estimate of drug-likeness (QED) is 0.898. The SMILES string of the molecule is CC(N)c1ccc(OCc2cc(F)cc(Br)c2)c(F)c1. The molecule has 106 valence electrons. The summed E-state index contributed by atoms with van der Waals surface area (Å²) >= 11 is 3.20. The second-order valence-corrected chi connectivity index (χ2v) is 5.46. The van der Waals surface area contributed by atoms with Crippen LogP contribution in [0.2, 0.25) is 0 Å². The molecule has 0 aromatic heterocycles. The second kappa shape index (κ2) is 6.33. The predicted octanol–water partition coefficient (Wildman–Crippen LogP) is 4.33. The van der Waals surface area contributed by atoms with E-state index in [1.165, 1.54) is 24.3 Å². The van der Waals surface area contributed by atoms with Gasteiger partial charge < -0.3 is 10.5 Å². The zero-order valence-corrected chi connectivity index (χ0v) is 12.5. The highest BCUT2D eigenvalue weighted by molar-refractivity contribution is 9.10. The van der Waals surface area contributed by atoms with Gasteiger partial charge in [-0.3, -0.25) is 0 Å². The monoisotopic (exact) mass is 341 g/mol. The van der Waals surface area contributed by atoms with E-state index in [9.17, 15) is 8.78 Å². The van der Waals surface area contributed by atoms with Gasteiger partial charge in [-0.2, -0.15) is 0 Å². The molecule has 2 aromatic rings. The summed E-state index contributed by atoms with van der Waals surface area (Å²) in [4.78, 5) is 0. The number of rotatable bonds is 4. The van der Waals surface area contributed by atoms with E-state index in [1.54, 1.807) is 19.1 Å². The molecular formula is C15H14BrF2NO. The van der Waals surface area contributed by atoms with Crippen LogP contribution < -0.4 is 10.5 Å². The van der Waals surface area contributed by atoms with Gasteiger partial charge in [0.05, 0.1) is 0 Å². The van der Waals surface area contributed by atoms with Gasteiger partial charge in [0, 0.05) is 10.5 Å². The van der Waals surface area contributed by atoms with E-state index in [0.717, 1.165) is 0 Å². The molecule has 0 fully saturated rings. The van der Waals surface area contributed by atoms with Crippen molar-refractivity contribution >= 4 is 15.9 Å². The highest BCUT2D eigenvalue weighted by Crippen LogP contribution is 2.23. The lowest BCUT2D eigenvalue weighted by Gasteiger charge is -2.11. The first-order valence-electron chi connectivity index (χ1n) is 6.08. The maximum absolute atomic E-state index is 13.8. The number of benzene rings is 2. The summed E-state index contributed by atoms with van der Waals surface area (Å²) in [7, 11) is 0. The Morgan fingerprint density at radius 3 is 2.55 bits per heavy atom. The van der Waals surface area contributed by atoms with Crippen LogP contribution in [0.15, 0.2) is 40.9 Å². The van der Waals surface area contributed by atoms with E-state index in [0.29, 0.717) is 15.6 Å². The van der Waals surface area contributed by atoms with Crippen molar-refractivity contribution in [2.45, 2.75) is 19.6 Å². The minimum absolute atomic E-state index is 0.0881. The Kier molecular flexibility index (Phi) is 4.73. The zero-order valence-electron chi connectivity index (χ0n) is 10.9. The van der Waals surface area contributed by atoms with Gasteiger partial charge in [0.2, 0.25) is 0 Å². The Hall–Kier alpha value is -1.46. The number of ether oxygens (including phenoxy) is 1. The number of nitrogens with two attached hydrogens (primary N) is 1. The van der Waals surface area contributed by atoms with Crippen LogP contribution in [0.1, 0.15) is 24.1 Å². The molecule has 0 bridgehead atoms. The van der Waals surface area contributed by atoms with Gasteiger partial charge in [-0.05, 0) is 48.4 Å². The molecule has 5 heteroatoms. The third kappa shape index (κ3) is 3.77. The molecule has 2 N–H and O–H groups in total. The summed E-state index contributed by atoms with van der Waals surface area (Å²) in [5.74, 6) is -0.726. The highest BCUT2D eigenvalue weighted by atomic mass is 79.9. The Bertz CT molecular complexity index is 597. The highest BCUT2D eigenvalue weighted by Gasteiger charge is 2.08. The van der Waals surface area contributed by atoms with Crippen LogP contribution in [0.25, 0.3) is 0 Å². The third-order valence-corrected chi connectivity index (χ3v) is 3.26. The summed E-state index contributed by atoms with van der Waals surface area (Å²) in [6.07, 6.45) is 0. The smallest absolute Gasteiger partial charge is 0.165 e. The fraction of sp³-hybridized carbons (Fsp3) is 0.200. The first-order valence-corrected chi connectivity index (χ1v) is 6.88. The van der Waals surface area contributed by atoms with Crippen molar-refractivity contribution in [2.75, 3.05) is 0 Å². The van der Waals surface area contributed by atoms with Crippen LogP contribution in [-0.4, -0.2) is 0 Å². The molecule has 2 nitrogen and oxygen atoms in total. The topological polar surface area (TPSA) is 35.2 Å². The van der Waals surface area contributed by atoms with Crippen molar-refractivity contribution < 1.29 is 13.5 Å². The number of hydrogen-bond donors (Lipinski definition) is 1. The van der Waals surface area contributed by atoms with E-state index in [2.05, 4.69) is 15.9 Å². The zero-order chi connectivity index (χ0) is 14.7. The van der Waals surface area contributed by atoms with Crippen molar-refractivity contribution in [1.29, 1.82) is 0 Å². The van der Waals surface area contributed by atoms with Crippen LogP contribution in [0.4, 0.5) is 8.78 Å². The lowest BCUT2D eigenvalue weighted by molar-refractivity contribution is 0.289. The van der Waals surface area contributed by atoms with E-state index < -0.39 is 5.82 Å². The van der Waals surface area contributed by atoms with Crippen molar-refractivity contribution in [3.05, 3.63) is 63.6 Å². The largest absolute Gasteiger partial charge is 0.486 e. The van der Waals surface area contributed by atoms with Crippen LogP contribution in [0.3, 0.4) is 0 Å². The molecule has 20 heavy (non-hydrogen) atoms. The molecule has 0 heterocycles. The molecule has 0 saturated heterocycles. The average Bonchev–Trinajstić information content (AvgIpc) is 2.36. The summed E-state index contributed by atoms with van der Waals surface area (Å²) in [6.45, 7) is 1.87. The summed E-state index contributed by atoms with van der Waals surface area (Å²) in [5.41, 5.74) is 6.99. The molecule has 2 aromatic carbocycles. The van der Waals surface area contributed by atoms with E-state index in [4.69, 9.17) is 10.5 Å². The van der Waals surface area contributed by atoms with Gasteiger partial charge in [0.15, 0.2) is 11.6 Å². The Morgan fingerprint density at radius 2 is 1.95 bits per heavy atom. The molecule has 2 rings (SSSR count). The van der Waals surface area contributed by atoms with Crippen LogP contribution in [-0.2, 0) is 6.61 Å². The van der Waals surface area contributed by atoms with E-state index >= 15 is 0 Å². The fourth-order valence-corrected chi connectivity index (χ4v) is 2.29. The van der Waals surface area contributed by atoms with Gasteiger partial charge in [-0.1, -0.05) is 22.0 Å². The van der Waals surface area contributed by atoms with Crippen molar-refractivity contribution in [1.82, 2.24) is 0 Å². The van der Waals surface area contributed by atoms with Gasteiger partial charge >= 0.3 is 0 Å². The molecule has 0 saturated carbocycles. The first-order chi connectivity index (χ1) is 9.45. The first kappa shape index (κ1) is 14.9. The fourth-order valence-electron chi connectivity index (χ4n) is 1.77. The van der Waals surface area contributed by atoms with Crippen molar-refractivity contribution in [3.8, 4) is 5.75 Å². The summed E-state index contributed by atoms with van der Waals surface area (Å²) < 4.78 is 33.0. The lowest BCUT2D eigenvalue weighted by atomic mass is 10.1. The molecule has 0 radical (unpaired) electrons. The molecule has 0 aliphatic carbocycles. The Balaban J connectivity index is 2.11. The van der Waals surface area contributed by atoms with Gasteiger partial charge in [0.1, 0.15) is 12.4 Å². The molecule has 1 atom stereocenters. The molecule has 0 aliphatic heterocycles. The van der Waals surface area contributed by atoms with Gasteiger partial charge in [0.25, 0.3) is 0 Å². The average molecular weight is 342 g/mol. The van der Waals surface area contributed by atoms with Crippen molar-refractivity contribution in [3.63, 3.8) is 0 Å². The minimum atomic E-state index is -0.477. The van der Waals surface area contributed by atoms with Crippen LogP contribution >= 0.6 is 15.9 Å². The summed E-state index contributed by atoms with van der Waals surface area (Å²) in [5, 5.41) is 0. The predicted molar refractivity (Wildman–Crippen MR) is 77.4 cm³/mol. The molecule has 1 unspecified atom stereocenters. The van der Waals surface area contributed by atoms with Gasteiger partial charge in [-0.15, -0.1) is 0 Å². The molecule has 0 spiro atoms. The van der Waals surface area contributed by atoms with E-state index in [-0.39, 0.29) is 24.2 Å². The molecule has 0 aliphatic rings. The van der Waals surface area contributed by atoms with Crippen LogP contribution in [0.5, 0.6) is 5.75 Å². The number of hydrogen-bond acceptors (Lipinski definition) is 2. The Labute approximate surface area is 124 Å². The normalized spacial score (nSPS) is 12.2. The lowest BCUT2D eigenvalue weighted by Crippen LogP contribution is -2.06. The minimum Gasteiger partial charge on any atom is -0.486 e. The van der Waals surface area contributed by atoms with Crippen LogP contribution in [0, 0.1) is 11.6 Å². The standard InChI is InChI=1S/C15H14BrF2NO/c1-9(19)11-2-3-15(14(18)6-11)20-8-10-4-12(16)7-13(17)5-10/h2-7,9H,8,19H2,1H3. The second-order valence-electron chi connectivity index (χ2n) is 4.54. The molecular weight excluding hydrogens is 328 g/mol. The Morgan fingerprint density at radius 1 is 1.20 bits per heavy atom. The third-order valence-electron chi connectivity index (χ3n) is 2.80. The van der Waals surface area contributed by atoms with Gasteiger partial charge in [-0.25, -0.2) is 8.78 Å². The van der Waals surface area contributed by atoms with E-state index in [1.807, 2.05) is 0 Å². The maximum Gasteiger partial charge on any atom is 0.165 e. The summed E-state index contributed by atoms with van der Waals surface area (Å²) in [6, 6.07) is 8.77. The maximum atomic E-state index is 13.8. The molecule has 0 amide bonds. The number of halogens is 3.